The van der Waals surface area contributed by atoms with Crippen LogP contribution in [0.3, 0.4) is 0 Å². The first kappa shape index (κ1) is 16.8. The van der Waals surface area contributed by atoms with Gasteiger partial charge < -0.3 is 9.26 Å². The number of rotatable bonds is 3. The van der Waals surface area contributed by atoms with E-state index in [9.17, 15) is 0 Å². The summed E-state index contributed by atoms with van der Waals surface area (Å²) in [7, 11) is 0. The summed E-state index contributed by atoms with van der Waals surface area (Å²) in [5.41, 5.74) is 5.88. The Hall–Kier alpha value is -3.32. The number of hydrogen-bond donors (Lipinski definition) is 0. The highest BCUT2D eigenvalue weighted by Gasteiger charge is 2.27. The van der Waals surface area contributed by atoms with Crippen molar-refractivity contribution in [2.24, 2.45) is 0 Å². The van der Waals surface area contributed by atoms with Gasteiger partial charge in [-0.15, -0.1) is 5.10 Å². The molecule has 1 atom stereocenters. The Morgan fingerprint density at radius 1 is 0.964 bits per heavy atom. The number of fused-ring (bicyclic) bond motifs is 1. The molecule has 4 aromatic rings. The number of benzene rings is 2. The third-order valence-corrected chi connectivity index (χ3v) is 4.98. The minimum atomic E-state index is -0.0453. The van der Waals surface area contributed by atoms with Crippen molar-refractivity contribution in [2.45, 2.75) is 33.1 Å². The second-order valence-corrected chi connectivity index (χ2v) is 7.07. The fourth-order valence-corrected chi connectivity index (χ4v) is 3.30. The molecule has 0 spiro atoms. The quantitative estimate of drug-likeness (QED) is 0.542. The standard InChI is InChI=1S/C21H19N5O2/c1-13-3-7-15(8-4-13)18-11-26-17(12-27-18)19(23-25-26)20-22-21(28-24-20)16-9-5-14(2)6-10-16/h3-10,18H,11-12H2,1-2H3. The lowest BCUT2D eigenvalue weighted by Gasteiger charge is -2.24. The molecule has 28 heavy (non-hydrogen) atoms. The van der Waals surface area contributed by atoms with Crippen LogP contribution in [-0.2, 0) is 17.9 Å². The van der Waals surface area contributed by atoms with Gasteiger partial charge in [0.2, 0.25) is 5.82 Å². The van der Waals surface area contributed by atoms with Crippen LogP contribution in [0.1, 0.15) is 28.5 Å². The molecule has 7 nitrogen and oxygen atoms in total. The third kappa shape index (κ3) is 2.99. The zero-order valence-electron chi connectivity index (χ0n) is 15.7. The smallest absolute Gasteiger partial charge is 0.258 e. The van der Waals surface area contributed by atoms with Gasteiger partial charge in [-0.05, 0) is 31.5 Å². The molecular weight excluding hydrogens is 354 g/mol. The molecule has 0 amide bonds. The Morgan fingerprint density at radius 3 is 2.43 bits per heavy atom. The second-order valence-electron chi connectivity index (χ2n) is 7.07. The minimum Gasteiger partial charge on any atom is -0.365 e. The number of ether oxygens (including phenoxy) is 1. The molecule has 2 aromatic carbocycles. The zero-order valence-corrected chi connectivity index (χ0v) is 15.7. The lowest BCUT2D eigenvalue weighted by Crippen LogP contribution is -2.22. The van der Waals surface area contributed by atoms with Gasteiger partial charge in [0.1, 0.15) is 6.10 Å². The zero-order chi connectivity index (χ0) is 19.1. The molecule has 0 aliphatic carbocycles. The van der Waals surface area contributed by atoms with Crippen LogP contribution in [0.4, 0.5) is 0 Å². The molecule has 1 aliphatic heterocycles. The van der Waals surface area contributed by atoms with Gasteiger partial charge in [-0.2, -0.15) is 4.98 Å². The Labute approximate surface area is 162 Å². The van der Waals surface area contributed by atoms with Gasteiger partial charge in [0.15, 0.2) is 5.69 Å². The first-order valence-corrected chi connectivity index (χ1v) is 9.19. The van der Waals surface area contributed by atoms with E-state index >= 15 is 0 Å². The highest BCUT2D eigenvalue weighted by atomic mass is 16.5. The summed E-state index contributed by atoms with van der Waals surface area (Å²) in [6.07, 6.45) is -0.0453. The van der Waals surface area contributed by atoms with Crippen molar-refractivity contribution in [1.29, 1.82) is 0 Å². The predicted molar refractivity (Wildman–Crippen MR) is 102 cm³/mol. The van der Waals surface area contributed by atoms with E-state index in [0.717, 1.165) is 16.8 Å². The van der Waals surface area contributed by atoms with E-state index in [-0.39, 0.29) is 6.10 Å². The largest absolute Gasteiger partial charge is 0.365 e. The first-order chi connectivity index (χ1) is 13.7. The van der Waals surface area contributed by atoms with Crippen LogP contribution in [0.5, 0.6) is 0 Å². The van der Waals surface area contributed by atoms with Gasteiger partial charge in [0.05, 0.1) is 18.8 Å². The number of nitrogens with zero attached hydrogens (tertiary/aromatic N) is 5. The van der Waals surface area contributed by atoms with Gasteiger partial charge in [-0.1, -0.05) is 57.9 Å². The van der Waals surface area contributed by atoms with Crippen LogP contribution in [0.25, 0.3) is 23.0 Å². The third-order valence-electron chi connectivity index (χ3n) is 4.98. The average Bonchev–Trinajstić information content (AvgIpc) is 3.35. The maximum atomic E-state index is 6.07. The summed E-state index contributed by atoms with van der Waals surface area (Å²) in [5, 5.41) is 12.7. The van der Waals surface area contributed by atoms with Crippen LogP contribution < -0.4 is 0 Å². The van der Waals surface area contributed by atoms with Gasteiger partial charge in [0.25, 0.3) is 5.89 Å². The van der Waals surface area contributed by atoms with E-state index in [1.807, 2.05) is 35.9 Å². The maximum absolute atomic E-state index is 6.07. The number of hydrogen-bond acceptors (Lipinski definition) is 6. The Kier molecular flexibility index (Phi) is 4.02. The van der Waals surface area contributed by atoms with Gasteiger partial charge in [-0.25, -0.2) is 4.68 Å². The molecule has 7 heteroatoms. The van der Waals surface area contributed by atoms with Crippen molar-refractivity contribution in [1.82, 2.24) is 25.1 Å². The number of aromatic nitrogens is 5. The molecule has 0 saturated carbocycles. The Morgan fingerprint density at radius 2 is 1.68 bits per heavy atom. The summed E-state index contributed by atoms with van der Waals surface area (Å²) in [6, 6.07) is 16.3. The Bertz CT molecular complexity index is 1110. The molecule has 1 unspecified atom stereocenters. The van der Waals surface area contributed by atoms with Crippen LogP contribution in [0.15, 0.2) is 53.1 Å². The summed E-state index contributed by atoms with van der Waals surface area (Å²) in [5.74, 6) is 0.889. The molecule has 0 fully saturated rings. The maximum Gasteiger partial charge on any atom is 0.258 e. The summed E-state index contributed by atoms with van der Waals surface area (Å²) in [4.78, 5) is 4.50. The molecule has 0 radical (unpaired) electrons. The molecule has 140 valence electrons. The summed E-state index contributed by atoms with van der Waals surface area (Å²) in [6.45, 7) is 5.11. The highest BCUT2D eigenvalue weighted by Crippen LogP contribution is 2.30. The van der Waals surface area contributed by atoms with Crippen LogP contribution in [0.2, 0.25) is 0 Å². The van der Waals surface area contributed by atoms with E-state index in [1.165, 1.54) is 11.1 Å². The fourth-order valence-electron chi connectivity index (χ4n) is 3.30. The van der Waals surface area contributed by atoms with Crippen molar-refractivity contribution in [3.8, 4) is 23.0 Å². The second kappa shape index (κ2) is 6.69. The van der Waals surface area contributed by atoms with E-state index in [4.69, 9.17) is 9.26 Å². The van der Waals surface area contributed by atoms with E-state index in [2.05, 4.69) is 51.6 Å². The van der Waals surface area contributed by atoms with Gasteiger partial charge in [-0.3, -0.25) is 0 Å². The number of aryl methyl sites for hydroxylation is 2. The van der Waals surface area contributed by atoms with Crippen LogP contribution in [0, 0.1) is 13.8 Å². The van der Waals surface area contributed by atoms with Crippen molar-refractivity contribution in [3.63, 3.8) is 0 Å². The summed E-state index contributed by atoms with van der Waals surface area (Å²) < 4.78 is 13.4. The molecule has 5 rings (SSSR count). The molecule has 3 heterocycles. The molecule has 0 saturated heterocycles. The molecule has 0 N–H and O–H groups in total. The SMILES string of the molecule is Cc1ccc(-c2nc(-c3nnn4c3COC(c3ccc(C)cc3)C4)no2)cc1. The molecule has 1 aliphatic rings. The Balaban J connectivity index is 1.41. The predicted octanol–water partition coefficient (Wildman–Crippen LogP) is 3.88. The topological polar surface area (TPSA) is 78.9 Å². The lowest BCUT2D eigenvalue weighted by molar-refractivity contribution is -0.00112. The van der Waals surface area contributed by atoms with Gasteiger partial charge in [0, 0.05) is 5.56 Å². The molecule has 2 aromatic heterocycles. The minimum absolute atomic E-state index is 0.0453. The van der Waals surface area contributed by atoms with Crippen molar-refractivity contribution < 1.29 is 9.26 Å². The molecule has 0 bridgehead atoms. The van der Waals surface area contributed by atoms with Gasteiger partial charge >= 0.3 is 0 Å². The van der Waals surface area contributed by atoms with E-state index in [0.29, 0.717) is 30.6 Å². The highest BCUT2D eigenvalue weighted by molar-refractivity contribution is 5.58. The lowest BCUT2D eigenvalue weighted by atomic mass is 10.1. The normalized spacial score (nSPS) is 16.1. The molecular formula is C21H19N5O2. The van der Waals surface area contributed by atoms with Crippen molar-refractivity contribution in [3.05, 3.63) is 70.9 Å². The first-order valence-electron chi connectivity index (χ1n) is 9.19. The van der Waals surface area contributed by atoms with E-state index < -0.39 is 0 Å². The summed E-state index contributed by atoms with van der Waals surface area (Å²) >= 11 is 0. The van der Waals surface area contributed by atoms with E-state index in [1.54, 1.807) is 0 Å². The van der Waals surface area contributed by atoms with Crippen molar-refractivity contribution >= 4 is 0 Å². The monoisotopic (exact) mass is 373 g/mol. The van der Waals surface area contributed by atoms with Crippen molar-refractivity contribution in [2.75, 3.05) is 0 Å². The average molecular weight is 373 g/mol. The fraction of sp³-hybridized carbons (Fsp3) is 0.238. The van der Waals surface area contributed by atoms with Crippen LogP contribution in [-0.4, -0.2) is 25.1 Å². The van der Waals surface area contributed by atoms with Crippen LogP contribution >= 0.6 is 0 Å².